The highest BCUT2D eigenvalue weighted by molar-refractivity contribution is 7.13. The van der Waals surface area contributed by atoms with Crippen molar-refractivity contribution in [2.45, 2.75) is 0 Å². The highest BCUT2D eigenvalue weighted by Gasteiger charge is 2.19. The fourth-order valence-electron chi connectivity index (χ4n) is 2.59. The summed E-state index contributed by atoms with van der Waals surface area (Å²) in [7, 11) is 0. The minimum Gasteiger partial charge on any atom is -0.358 e. The first-order valence-corrected chi connectivity index (χ1v) is 9.55. The summed E-state index contributed by atoms with van der Waals surface area (Å²) in [5.41, 5.74) is 1.90. The molecule has 0 unspecified atom stereocenters. The number of anilines is 2. The Kier molecular flexibility index (Phi) is 4.68. The van der Waals surface area contributed by atoms with Crippen molar-refractivity contribution in [3.05, 3.63) is 41.7 Å². The van der Waals surface area contributed by atoms with E-state index in [1.807, 2.05) is 18.2 Å². The van der Waals surface area contributed by atoms with Gasteiger partial charge in [0.05, 0.1) is 17.6 Å². The van der Waals surface area contributed by atoms with Crippen molar-refractivity contribution in [1.82, 2.24) is 19.7 Å². The van der Waals surface area contributed by atoms with Gasteiger partial charge in [-0.2, -0.15) is 4.37 Å². The van der Waals surface area contributed by atoms with Gasteiger partial charge in [-0.25, -0.2) is 4.98 Å². The quantitative estimate of drug-likeness (QED) is 0.731. The molecule has 1 aliphatic rings. The van der Waals surface area contributed by atoms with E-state index in [-0.39, 0.29) is 5.91 Å². The van der Waals surface area contributed by atoms with E-state index in [1.54, 1.807) is 17.8 Å². The van der Waals surface area contributed by atoms with Crippen molar-refractivity contribution < 1.29 is 4.79 Å². The molecule has 3 aromatic rings. The third kappa shape index (κ3) is 3.53. The van der Waals surface area contributed by atoms with Gasteiger partial charge in [0.2, 0.25) is 0 Å². The first-order valence-electron chi connectivity index (χ1n) is 7.90. The Labute approximate surface area is 152 Å². The number of pyridine rings is 1. The second-order valence-corrected chi connectivity index (χ2v) is 7.13. The van der Waals surface area contributed by atoms with E-state index in [0.29, 0.717) is 5.69 Å². The van der Waals surface area contributed by atoms with Crippen LogP contribution in [-0.2, 0) is 0 Å². The molecular formula is C16H16N6OS2. The van der Waals surface area contributed by atoms with Crippen molar-refractivity contribution in [3.8, 4) is 10.7 Å². The molecule has 0 atom stereocenters. The second-order valence-electron chi connectivity index (χ2n) is 5.49. The Morgan fingerprint density at radius 3 is 2.96 bits per heavy atom. The SMILES string of the molecule is O=C(Nc1cnsc1N1CCNCC1)c1csc(-c2ccccn2)n1. The summed E-state index contributed by atoms with van der Waals surface area (Å²) >= 11 is 2.81. The van der Waals surface area contributed by atoms with Crippen LogP contribution in [0.15, 0.2) is 36.0 Å². The molecule has 3 aromatic heterocycles. The number of hydrogen-bond donors (Lipinski definition) is 2. The van der Waals surface area contributed by atoms with Crippen LogP contribution in [0.25, 0.3) is 10.7 Å². The second kappa shape index (κ2) is 7.26. The zero-order chi connectivity index (χ0) is 17.1. The van der Waals surface area contributed by atoms with Crippen molar-refractivity contribution >= 4 is 39.5 Å². The van der Waals surface area contributed by atoms with Crippen LogP contribution in [0.3, 0.4) is 0 Å². The first-order chi connectivity index (χ1) is 12.3. The summed E-state index contributed by atoms with van der Waals surface area (Å²) < 4.78 is 4.23. The van der Waals surface area contributed by atoms with Gasteiger partial charge in [0, 0.05) is 37.8 Å². The first kappa shape index (κ1) is 16.1. The number of nitrogens with one attached hydrogen (secondary N) is 2. The van der Waals surface area contributed by atoms with Gasteiger partial charge in [-0.1, -0.05) is 6.07 Å². The van der Waals surface area contributed by atoms with E-state index >= 15 is 0 Å². The molecule has 1 saturated heterocycles. The molecule has 9 heteroatoms. The number of carbonyl (C=O) groups is 1. The van der Waals surface area contributed by atoms with Gasteiger partial charge >= 0.3 is 0 Å². The molecule has 1 amide bonds. The predicted octanol–water partition coefficient (Wildman–Crippen LogP) is 2.32. The molecule has 25 heavy (non-hydrogen) atoms. The minimum atomic E-state index is -0.227. The summed E-state index contributed by atoms with van der Waals surface area (Å²) in [4.78, 5) is 23.5. The van der Waals surface area contributed by atoms with Gasteiger partial charge < -0.3 is 15.5 Å². The maximum Gasteiger partial charge on any atom is 0.275 e. The number of thiazole rings is 1. The molecule has 0 radical (unpaired) electrons. The molecule has 0 spiro atoms. The fourth-order valence-corrected chi connectivity index (χ4v) is 4.12. The Hall–Kier alpha value is -2.36. The van der Waals surface area contributed by atoms with E-state index in [1.165, 1.54) is 22.9 Å². The summed E-state index contributed by atoms with van der Waals surface area (Å²) in [5, 5.41) is 9.74. The molecule has 1 fully saturated rings. The summed E-state index contributed by atoms with van der Waals surface area (Å²) in [5.74, 6) is -0.227. The van der Waals surface area contributed by atoms with Gasteiger partial charge in [-0.3, -0.25) is 9.78 Å². The summed E-state index contributed by atoms with van der Waals surface area (Å²) in [6.45, 7) is 3.69. The van der Waals surface area contributed by atoms with Crippen molar-refractivity contribution in [3.63, 3.8) is 0 Å². The lowest BCUT2D eigenvalue weighted by Gasteiger charge is -2.28. The number of nitrogens with zero attached hydrogens (tertiary/aromatic N) is 4. The normalized spacial score (nSPS) is 14.5. The summed E-state index contributed by atoms with van der Waals surface area (Å²) in [6, 6.07) is 5.64. The Balaban J connectivity index is 1.50. The third-order valence-corrected chi connectivity index (χ3v) is 5.55. The number of carbonyl (C=O) groups excluding carboxylic acids is 1. The average molecular weight is 372 g/mol. The van der Waals surface area contributed by atoms with Gasteiger partial charge in [-0.05, 0) is 23.7 Å². The van der Waals surface area contributed by atoms with Crippen LogP contribution >= 0.6 is 22.9 Å². The number of rotatable bonds is 4. The van der Waals surface area contributed by atoms with E-state index in [2.05, 4.69) is 29.9 Å². The lowest BCUT2D eigenvalue weighted by Crippen LogP contribution is -2.43. The fraction of sp³-hybridized carbons (Fsp3) is 0.250. The Bertz CT molecular complexity index is 856. The molecule has 0 saturated carbocycles. The maximum absolute atomic E-state index is 12.6. The number of aromatic nitrogens is 3. The van der Waals surface area contributed by atoms with Crippen LogP contribution < -0.4 is 15.5 Å². The van der Waals surface area contributed by atoms with Crippen molar-refractivity contribution in [2.24, 2.45) is 0 Å². The molecule has 2 N–H and O–H groups in total. The third-order valence-electron chi connectivity index (χ3n) is 3.82. The smallest absolute Gasteiger partial charge is 0.275 e. The number of hydrogen-bond acceptors (Lipinski definition) is 8. The molecule has 4 heterocycles. The molecule has 128 valence electrons. The molecule has 7 nitrogen and oxygen atoms in total. The molecule has 0 aromatic carbocycles. The van der Waals surface area contributed by atoms with Crippen LogP contribution in [0.4, 0.5) is 10.7 Å². The van der Waals surface area contributed by atoms with E-state index in [4.69, 9.17) is 0 Å². The van der Waals surface area contributed by atoms with E-state index < -0.39 is 0 Å². The van der Waals surface area contributed by atoms with Gasteiger partial charge in [0.1, 0.15) is 15.7 Å². The van der Waals surface area contributed by atoms with Crippen molar-refractivity contribution in [2.75, 3.05) is 36.4 Å². The number of amides is 1. The molecule has 0 aliphatic carbocycles. The lowest BCUT2D eigenvalue weighted by atomic mass is 10.3. The van der Waals surface area contributed by atoms with Crippen LogP contribution in [-0.4, -0.2) is 46.4 Å². The van der Waals surface area contributed by atoms with Gasteiger partial charge in [0.15, 0.2) is 0 Å². The highest BCUT2D eigenvalue weighted by atomic mass is 32.1. The molecule has 0 bridgehead atoms. The lowest BCUT2D eigenvalue weighted by molar-refractivity contribution is 0.102. The van der Waals surface area contributed by atoms with Crippen LogP contribution in [0.5, 0.6) is 0 Å². The van der Waals surface area contributed by atoms with Crippen molar-refractivity contribution in [1.29, 1.82) is 0 Å². The Morgan fingerprint density at radius 1 is 1.28 bits per heavy atom. The maximum atomic E-state index is 12.6. The van der Waals surface area contributed by atoms with E-state index in [9.17, 15) is 4.79 Å². The van der Waals surface area contributed by atoms with Crippen LogP contribution in [0.2, 0.25) is 0 Å². The largest absolute Gasteiger partial charge is 0.358 e. The molecule has 1 aliphatic heterocycles. The van der Waals surface area contributed by atoms with Crippen LogP contribution in [0, 0.1) is 0 Å². The monoisotopic (exact) mass is 372 g/mol. The van der Waals surface area contributed by atoms with E-state index in [0.717, 1.165) is 47.6 Å². The summed E-state index contributed by atoms with van der Waals surface area (Å²) in [6.07, 6.45) is 3.42. The highest BCUT2D eigenvalue weighted by Crippen LogP contribution is 2.31. The molecule has 4 rings (SSSR count). The Morgan fingerprint density at radius 2 is 2.16 bits per heavy atom. The zero-order valence-electron chi connectivity index (χ0n) is 13.3. The minimum absolute atomic E-state index is 0.227. The van der Waals surface area contributed by atoms with Gasteiger partial charge in [-0.15, -0.1) is 11.3 Å². The molecular weight excluding hydrogens is 356 g/mol. The number of piperazine rings is 1. The standard InChI is InChI=1S/C16H16N6OS2/c23-14(13-10-24-15(21-13)11-3-1-2-4-18-11)20-12-9-19-25-16(12)22-7-5-17-6-8-22/h1-4,9-10,17H,5-8H2,(H,20,23). The van der Waals surface area contributed by atoms with Crippen LogP contribution in [0.1, 0.15) is 10.5 Å². The topological polar surface area (TPSA) is 83.0 Å². The average Bonchev–Trinajstić information content (AvgIpc) is 3.33. The van der Waals surface area contributed by atoms with Gasteiger partial charge in [0.25, 0.3) is 5.91 Å². The zero-order valence-corrected chi connectivity index (χ0v) is 14.9. The predicted molar refractivity (Wildman–Crippen MR) is 100 cm³/mol.